The van der Waals surface area contributed by atoms with Gasteiger partial charge in [-0.15, -0.1) is 0 Å². The lowest BCUT2D eigenvalue weighted by atomic mass is 9.79. The van der Waals surface area contributed by atoms with Crippen molar-refractivity contribution in [2.45, 2.75) is 122 Å². The molecule has 0 radical (unpaired) electrons. The van der Waals surface area contributed by atoms with E-state index in [1.807, 2.05) is 30.5 Å². The molecule has 2 saturated carbocycles. The van der Waals surface area contributed by atoms with E-state index in [0.29, 0.717) is 22.9 Å². The van der Waals surface area contributed by atoms with Crippen LogP contribution >= 0.6 is 0 Å². The fourth-order valence-electron chi connectivity index (χ4n) is 11.4. The molecule has 2 aromatic heterocycles. The molecule has 2 fully saturated rings. The Labute approximate surface area is 430 Å². The number of fused-ring (bicyclic) bond motifs is 1. The third-order valence-electron chi connectivity index (χ3n) is 15.5. The van der Waals surface area contributed by atoms with Crippen molar-refractivity contribution in [3.63, 3.8) is 0 Å². The fourth-order valence-corrected chi connectivity index (χ4v) is 11.4. The highest BCUT2D eigenvalue weighted by atomic mass is 16.3. The molecule has 362 valence electrons. The summed E-state index contributed by atoms with van der Waals surface area (Å²) in [7, 11) is 0. The Morgan fingerprint density at radius 3 is 1.92 bits per heavy atom. The largest absolute Gasteiger partial charge is 0.507 e. The number of pyridine rings is 1. The molecule has 2 heterocycles. The Morgan fingerprint density at radius 2 is 1.21 bits per heavy atom. The normalized spacial score (nSPS) is 15.5. The van der Waals surface area contributed by atoms with E-state index in [4.69, 9.17) is 9.97 Å². The number of hydrogen-bond donors (Lipinski definition) is 1. The maximum atomic E-state index is 12.7. The first-order chi connectivity index (χ1) is 35.6. The maximum Gasteiger partial charge on any atom is 0.149 e. The molecule has 0 atom stereocenters. The van der Waals surface area contributed by atoms with Gasteiger partial charge < -0.3 is 5.11 Å². The molecule has 2 aliphatic carbocycles. The maximum absolute atomic E-state index is 12.7. The number of aromatic nitrogens is 3. The smallest absolute Gasteiger partial charge is 0.149 e. The SMILES string of the molecule is [2H]C([2H])(c1ccc(-n2c(-c3cc(C(C)(C)C)cc(C(C)(C)C)c3O)nc3c(-c4cc(-c5ccccc5)cc(-c5cc(-c6ccc(C7CCCCC7)cc6)ccn5)c4)cccc32)c(-c2ccccc2)c1)C1CCCC1. The summed E-state index contributed by atoms with van der Waals surface area (Å²) >= 11 is 0. The second-order valence-electron chi connectivity index (χ2n) is 22.6. The third-order valence-corrected chi connectivity index (χ3v) is 15.5. The summed E-state index contributed by atoms with van der Waals surface area (Å²) in [6.45, 7) is 13.1. The van der Waals surface area contributed by atoms with Gasteiger partial charge >= 0.3 is 0 Å². The molecule has 0 bridgehead atoms. The molecule has 4 heteroatoms. The molecule has 0 saturated heterocycles. The molecule has 7 aromatic carbocycles. The quantitative estimate of drug-likeness (QED) is 0.149. The lowest BCUT2D eigenvalue weighted by Gasteiger charge is -2.27. The van der Waals surface area contributed by atoms with Crippen LogP contribution in [-0.2, 0) is 17.2 Å². The molecule has 2 aliphatic rings. The monoisotopic (exact) mass is 946 g/mol. The van der Waals surface area contributed by atoms with E-state index in [1.54, 1.807) is 0 Å². The van der Waals surface area contributed by atoms with Crippen molar-refractivity contribution in [1.82, 2.24) is 14.5 Å². The third kappa shape index (κ3) is 9.57. The number of imidazole rings is 1. The van der Waals surface area contributed by atoms with E-state index in [1.165, 1.54) is 43.2 Å². The fraction of sp³-hybridized carbons (Fsp3) is 0.294. The van der Waals surface area contributed by atoms with Crippen molar-refractivity contribution in [2.75, 3.05) is 0 Å². The average Bonchev–Trinajstić information content (AvgIpc) is 4.11. The van der Waals surface area contributed by atoms with Gasteiger partial charge in [0.15, 0.2) is 0 Å². The zero-order chi connectivity index (χ0) is 51.4. The number of nitrogens with zero attached hydrogens (tertiary/aromatic N) is 3. The summed E-state index contributed by atoms with van der Waals surface area (Å²) in [5.74, 6) is 1.45. The van der Waals surface area contributed by atoms with Crippen LogP contribution in [0.5, 0.6) is 5.75 Å². The minimum absolute atomic E-state index is 0.0382. The van der Waals surface area contributed by atoms with Gasteiger partial charge in [0.25, 0.3) is 0 Å². The molecule has 0 unspecified atom stereocenters. The molecule has 1 N–H and O–H groups in total. The van der Waals surface area contributed by atoms with E-state index >= 15 is 0 Å². The first-order valence-corrected chi connectivity index (χ1v) is 26.5. The first kappa shape index (κ1) is 44.9. The number of benzene rings is 7. The van der Waals surface area contributed by atoms with Crippen LogP contribution in [0, 0.1) is 5.92 Å². The second kappa shape index (κ2) is 19.5. The summed E-state index contributed by atoms with van der Waals surface area (Å²) < 4.78 is 21.3. The van der Waals surface area contributed by atoms with Gasteiger partial charge in [-0.05, 0) is 147 Å². The number of rotatable bonds is 10. The molecule has 0 aliphatic heterocycles. The first-order valence-electron chi connectivity index (χ1n) is 27.5. The van der Waals surface area contributed by atoms with Crippen LogP contribution in [0.25, 0.3) is 83.9 Å². The Bertz CT molecular complexity index is 3480. The van der Waals surface area contributed by atoms with Crippen LogP contribution in [0.2, 0.25) is 0 Å². The van der Waals surface area contributed by atoms with Crippen LogP contribution in [0.4, 0.5) is 0 Å². The lowest BCUT2D eigenvalue weighted by molar-refractivity contribution is 0.443. The molecule has 0 amide bonds. The zero-order valence-corrected chi connectivity index (χ0v) is 43.0. The van der Waals surface area contributed by atoms with Crippen LogP contribution in [0.3, 0.4) is 0 Å². The number of phenolic OH excluding ortho intramolecular Hbond substituents is 1. The second-order valence-corrected chi connectivity index (χ2v) is 22.6. The van der Waals surface area contributed by atoms with Gasteiger partial charge in [0.2, 0.25) is 0 Å². The van der Waals surface area contributed by atoms with Crippen LogP contribution in [0.1, 0.15) is 130 Å². The topological polar surface area (TPSA) is 50.9 Å². The van der Waals surface area contributed by atoms with Gasteiger partial charge in [-0.3, -0.25) is 9.55 Å². The summed E-state index contributed by atoms with van der Waals surface area (Å²) in [6.07, 6.45) is 10.9. The number of phenols is 1. The van der Waals surface area contributed by atoms with Gasteiger partial charge in [0.05, 0.1) is 28.0 Å². The zero-order valence-electron chi connectivity index (χ0n) is 45.0. The van der Waals surface area contributed by atoms with E-state index in [9.17, 15) is 7.85 Å². The minimum atomic E-state index is -1.50. The number of para-hydroxylation sites is 1. The minimum Gasteiger partial charge on any atom is -0.507 e. The molecule has 4 nitrogen and oxygen atoms in total. The molecule has 9 aromatic rings. The van der Waals surface area contributed by atoms with Gasteiger partial charge in [-0.2, -0.15) is 0 Å². The van der Waals surface area contributed by atoms with Gasteiger partial charge in [0, 0.05) is 31.2 Å². The number of aromatic hydroxyl groups is 1. The van der Waals surface area contributed by atoms with Crippen LogP contribution in [0.15, 0.2) is 170 Å². The molecular formula is C68H69N3O. The summed E-state index contributed by atoms with van der Waals surface area (Å²) in [5, 5.41) is 12.7. The Balaban J connectivity index is 1.14. The molecule has 11 rings (SSSR count). The summed E-state index contributed by atoms with van der Waals surface area (Å²) in [5.41, 5.74) is 16.9. The van der Waals surface area contributed by atoms with Gasteiger partial charge in [0.1, 0.15) is 11.6 Å². The van der Waals surface area contributed by atoms with Crippen molar-refractivity contribution in [3.8, 4) is 78.6 Å². The van der Waals surface area contributed by atoms with E-state index < -0.39 is 6.37 Å². The van der Waals surface area contributed by atoms with Crippen LogP contribution in [-0.4, -0.2) is 19.6 Å². The average molecular weight is 946 g/mol. The van der Waals surface area contributed by atoms with E-state index in [-0.39, 0.29) is 22.5 Å². The highest BCUT2D eigenvalue weighted by Crippen LogP contribution is 2.46. The molecule has 0 spiro atoms. The van der Waals surface area contributed by atoms with Crippen molar-refractivity contribution >= 4 is 11.0 Å². The van der Waals surface area contributed by atoms with E-state index in [0.717, 1.165) is 104 Å². The predicted molar refractivity (Wildman–Crippen MR) is 302 cm³/mol. The Morgan fingerprint density at radius 1 is 0.542 bits per heavy atom. The lowest BCUT2D eigenvalue weighted by Crippen LogP contribution is -2.17. The summed E-state index contributed by atoms with van der Waals surface area (Å²) in [4.78, 5) is 10.8. The molecular weight excluding hydrogens is 875 g/mol. The Kier molecular flexibility index (Phi) is 12.2. The van der Waals surface area contributed by atoms with Crippen molar-refractivity contribution in [2.24, 2.45) is 5.92 Å². The van der Waals surface area contributed by atoms with E-state index in [2.05, 4.69) is 186 Å². The standard InChI is InChI=1S/C68H69N3O/c1-67(2,3)56-43-59(65(72)60(44-56)68(4,5)6)66-70-64-57(27-18-28-63(64)71(66)62-34-29-46(37-45-19-16-17-20-45)38-58(62)51-25-14-9-15-26-51)54-39-53(48-23-12-8-13-24-48)40-55(41-54)61-42-52(35-36-69-61)50-32-30-49(31-33-50)47-21-10-7-11-22-47/h8-9,12-15,18,23-36,38-45,47,72H,7,10-11,16-17,19-22,37H2,1-6H3/i37D2. The highest BCUT2D eigenvalue weighted by Gasteiger charge is 2.30. The van der Waals surface area contributed by atoms with Gasteiger partial charge in [-0.1, -0.05) is 196 Å². The Hall–Kier alpha value is -7.04. The highest BCUT2D eigenvalue weighted by molar-refractivity contribution is 5.98. The molecule has 72 heavy (non-hydrogen) atoms. The summed E-state index contributed by atoms with van der Waals surface area (Å²) in [6, 6.07) is 58.1. The predicted octanol–water partition coefficient (Wildman–Crippen LogP) is 18.5. The van der Waals surface area contributed by atoms with Gasteiger partial charge in [-0.25, -0.2) is 4.98 Å². The van der Waals surface area contributed by atoms with Crippen molar-refractivity contribution < 1.29 is 7.85 Å². The van der Waals surface area contributed by atoms with Crippen molar-refractivity contribution in [1.29, 1.82) is 0 Å². The van der Waals surface area contributed by atoms with Crippen molar-refractivity contribution in [3.05, 3.63) is 192 Å². The number of hydrogen-bond acceptors (Lipinski definition) is 3. The van der Waals surface area contributed by atoms with Crippen LogP contribution < -0.4 is 0 Å².